The van der Waals surface area contributed by atoms with Gasteiger partial charge in [-0.15, -0.1) is 0 Å². The Morgan fingerprint density at radius 1 is 0.733 bits per heavy atom. The second-order valence-corrected chi connectivity index (χ2v) is 9.46. The molecular formula is C24H47KO4S. The molecule has 0 aliphatic heterocycles. The minimum absolute atomic E-state index is 0. The summed E-state index contributed by atoms with van der Waals surface area (Å²) in [5.41, 5.74) is 0. The fraction of sp³-hybridized carbons (Fsp3) is 0.917. The average Bonchev–Trinajstić information content (AvgIpc) is 2.68. The summed E-state index contributed by atoms with van der Waals surface area (Å²) in [5, 5.41) is 0. The van der Waals surface area contributed by atoms with Gasteiger partial charge in [0.25, 0.3) is 0 Å². The molecule has 0 aromatic heterocycles. The maximum atomic E-state index is 10.7. The topological polar surface area (TPSA) is 66.4 Å². The van der Waals surface area contributed by atoms with Gasteiger partial charge in [0, 0.05) is 5.92 Å². The summed E-state index contributed by atoms with van der Waals surface area (Å²) in [4.78, 5) is 0. The molecule has 1 unspecified atom stereocenters. The minimum Gasteiger partial charge on any atom is -0.726 e. The van der Waals surface area contributed by atoms with Gasteiger partial charge in [-0.1, -0.05) is 122 Å². The van der Waals surface area contributed by atoms with Crippen LogP contribution < -0.4 is 51.4 Å². The molecular weight excluding hydrogens is 423 g/mol. The van der Waals surface area contributed by atoms with Crippen molar-refractivity contribution in [3.63, 3.8) is 0 Å². The normalized spacial score (nSPS) is 12.9. The third kappa shape index (κ3) is 27.3. The van der Waals surface area contributed by atoms with Crippen molar-refractivity contribution >= 4 is 10.4 Å². The van der Waals surface area contributed by atoms with Crippen molar-refractivity contribution in [3.8, 4) is 0 Å². The Hall–Kier alpha value is 1.25. The van der Waals surface area contributed by atoms with E-state index in [0.717, 1.165) is 25.7 Å². The molecule has 1 atom stereocenters. The molecule has 0 saturated heterocycles. The molecule has 0 heterocycles. The molecule has 0 aliphatic carbocycles. The molecule has 30 heavy (non-hydrogen) atoms. The van der Waals surface area contributed by atoms with Crippen molar-refractivity contribution in [1.29, 1.82) is 0 Å². The zero-order valence-electron chi connectivity index (χ0n) is 20.2. The maximum absolute atomic E-state index is 10.7. The number of hydrogen-bond acceptors (Lipinski definition) is 4. The van der Waals surface area contributed by atoms with Gasteiger partial charge in [0.1, 0.15) is 0 Å². The Bertz CT molecular complexity index is 466. The summed E-state index contributed by atoms with van der Waals surface area (Å²) in [6, 6.07) is 0. The van der Waals surface area contributed by atoms with Crippen molar-refractivity contribution < 1.29 is 68.5 Å². The second kappa shape index (κ2) is 24.9. The Morgan fingerprint density at radius 2 is 1.17 bits per heavy atom. The van der Waals surface area contributed by atoms with Crippen LogP contribution in [-0.4, -0.2) is 19.6 Å². The van der Waals surface area contributed by atoms with Crippen LogP contribution in [0.15, 0.2) is 12.2 Å². The van der Waals surface area contributed by atoms with E-state index in [-0.39, 0.29) is 63.9 Å². The van der Waals surface area contributed by atoms with Crippen LogP contribution in [0, 0.1) is 5.92 Å². The summed E-state index contributed by atoms with van der Waals surface area (Å²) in [5.74, 6) is 0.0214. The van der Waals surface area contributed by atoms with Crippen molar-refractivity contribution in [1.82, 2.24) is 0 Å². The third-order valence-electron chi connectivity index (χ3n) is 5.49. The average molecular weight is 471 g/mol. The van der Waals surface area contributed by atoms with Crippen molar-refractivity contribution in [2.24, 2.45) is 5.92 Å². The van der Waals surface area contributed by atoms with E-state index in [2.05, 4.69) is 30.2 Å². The van der Waals surface area contributed by atoms with E-state index < -0.39 is 10.4 Å². The van der Waals surface area contributed by atoms with Gasteiger partial charge >= 0.3 is 51.4 Å². The molecule has 0 saturated carbocycles. The van der Waals surface area contributed by atoms with Gasteiger partial charge in [-0.3, -0.25) is 4.18 Å². The molecule has 0 aliphatic rings. The summed E-state index contributed by atoms with van der Waals surface area (Å²) in [7, 11) is -4.60. The standard InChI is InChI=1S/C24H48O4S.K/c1-3-5-7-9-10-11-12-13-14-15-16-18-20-22-24(23-28-29(25,26)27)21-19-17-8-6-4-2;/h20,22,24H,3-19,21,23H2,1-2H3,(H,25,26,27);/q;+1/p-1/b22-20+;. The SMILES string of the molecule is CCCCCCCCCCCCC/C=C/C(CCCCCCC)COS(=O)(=O)[O-].[K+]. The zero-order valence-corrected chi connectivity index (χ0v) is 24.1. The summed E-state index contributed by atoms with van der Waals surface area (Å²) < 4.78 is 36.7. The van der Waals surface area contributed by atoms with Crippen LogP contribution in [0.3, 0.4) is 0 Å². The summed E-state index contributed by atoms with van der Waals surface area (Å²) >= 11 is 0. The Labute approximate surface area is 230 Å². The van der Waals surface area contributed by atoms with E-state index in [1.165, 1.54) is 89.9 Å². The predicted octanol–water partition coefficient (Wildman–Crippen LogP) is 4.70. The first kappa shape index (κ1) is 33.4. The first-order valence-corrected chi connectivity index (χ1v) is 13.6. The van der Waals surface area contributed by atoms with Gasteiger partial charge < -0.3 is 4.55 Å². The monoisotopic (exact) mass is 470 g/mol. The first-order chi connectivity index (χ1) is 14.0. The molecule has 0 N–H and O–H groups in total. The quantitative estimate of drug-likeness (QED) is 0.0756. The van der Waals surface area contributed by atoms with E-state index >= 15 is 0 Å². The van der Waals surface area contributed by atoms with Gasteiger partial charge in [0.05, 0.1) is 6.61 Å². The number of hydrogen-bond donors (Lipinski definition) is 0. The van der Waals surface area contributed by atoms with Gasteiger partial charge in [0.15, 0.2) is 0 Å². The number of allylic oxidation sites excluding steroid dienone is 1. The van der Waals surface area contributed by atoms with Gasteiger partial charge in [-0.05, 0) is 19.3 Å². The molecule has 174 valence electrons. The van der Waals surface area contributed by atoms with E-state index in [1.54, 1.807) is 0 Å². The van der Waals surface area contributed by atoms with Crippen LogP contribution in [-0.2, 0) is 14.6 Å². The Balaban J connectivity index is 0. The van der Waals surface area contributed by atoms with E-state index in [1.807, 2.05) is 0 Å². The summed E-state index contributed by atoms with van der Waals surface area (Å²) in [6.45, 7) is 4.43. The fourth-order valence-electron chi connectivity index (χ4n) is 3.63. The molecule has 0 fully saturated rings. The fourth-order valence-corrected chi connectivity index (χ4v) is 3.97. The van der Waals surface area contributed by atoms with Crippen LogP contribution in [0.2, 0.25) is 0 Å². The van der Waals surface area contributed by atoms with Crippen LogP contribution in [0.25, 0.3) is 0 Å². The van der Waals surface area contributed by atoms with Crippen molar-refractivity contribution in [3.05, 3.63) is 12.2 Å². The van der Waals surface area contributed by atoms with E-state index in [4.69, 9.17) is 0 Å². The van der Waals surface area contributed by atoms with Crippen LogP contribution in [0.1, 0.15) is 129 Å². The second-order valence-electron chi connectivity index (χ2n) is 8.41. The molecule has 0 amide bonds. The molecule has 4 nitrogen and oxygen atoms in total. The Morgan fingerprint density at radius 3 is 1.63 bits per heavy atom. The minimum atomic E-state index is -4.60. The molecule has 0 aromatic carbocycles. The van der Waals surface area contributed by atoms with Crippen LogP contribution in [0.5, 0.6) is 0 Å². The third-order valence-corrected chi connectivity index (χ3v) is 5.91. The molecule has 6 heteroatoms. The molecule has 0 radical (unpaired) electrons. The molecule has 0 rings (SSSR count). The van der Waals surface area contributed by atoms with Gasteiger partial charge in [0.2, 0.25) is 10.4 Å². The van der Waals surface area contributed by atoms with Crippen molar-refractivity contribution in [2.45, 2.75) is 129 Å². The first-order valence-electron chi connectivity index (χ1n) is 12.3. The molecule has 0 aromatic rings. The molecule has 0 bridgehead atoms. The zero-order chi connectivity index (χ0) is 21.6. The predicted molar refractivity (Wildman–Crippen MR) is 123 cm³/mol. The Kier molecular flexibility index (Phi) is 27.7. The van der Waals surface area contributed by atoms with Gasteiger partial charge in [-0.2, -0.15) is 0 Å². The van der Waals surface area contributed by atoms with Crippen LogP contribution >= 0.6 is 0 Å². The van der Waals surface area contributed by atoms with E-state index in [9.17, 15) is 13.0 Å². The largest absolute Gasteiger partial charge is 1.00 e. The smallest absolute Gasteiger partial charge is 0.726 e. The van der Waals surface area contributed by atoms with E-state index in [0.29, 0.717) is 0 Å². The van der Waals surface area contributed by atoms with Crippen LogP contribution in [0.4, 0.5) is 0 Å². The summed E-state index contributed by atoms with van der Waals surface area (Å²) in [6.07, 6.45) is 26.7. The number of unbranched alkanes of at least 4 members (excludes halogenated alkanes) is 15. The number of rotatable bonds is 22. The van der Waals surface area contributed by atoms with Gasteiger partial charge in [-0.25, -0.2) is 8.42 Å². The van der Waals surface area contributed by atoms with Crippen molar-refractivity contribution in [2.75, 3.05) is 6.61 Å². The maximum Gasteiger partial charge on any atom is 1.00 e. The molecule has 0 spiro atoms.